The van der Waals surface area contributed by atoms with E-state index in [-0.39, 0.29) is 17.5 Å². The van der Waals surface area contributed by atoms with Gasteiger partial charge in [0.05, 0.1) is 5.57 Å². The van der Waals surface area contributed by atoms with E-state index in [0.717, 1.165) is 24.9 Å². The molecule has 2 atom stereocenters. The Morgan fingerprint density at radius 1 is 1.08 bits per heavy atom. The van der Waals surface area contributed by atoms with E-state index in [0.29, 0.717) is 11.1 Å². The Bertz CT molecular complexity index is 885. The Balaban J connectivity index is 1.75. The van der Waals surface area contributed by atoms with Crippen molar-refractivity contribution in [3.63, 3.8) is 0 Å². The van der Waals surface area contributed by atoms with Crippen molar-refractivity contribution in [1.29, 1.82) is 0 Å². The molecule has 2 aliphatic rings. The van der Waals surface area contributed by atoms with E-state index >= 15 is 0 Å². The van der Waals surface area contributed by atoms with Crippen LogP contribution in [0.15, 0.2) is 85.1 Å². The zero-order valence-corrected chi connectivity index (χ0v) is 14.6. The number of carbonyl (C=O) groups excluding carboxylic acids is 2. The first-order chi connectivity index (χ1) is 12.7. The summed E-state index contributed by atoms with van der Waals surface area (Å²) in [6.45, 7) is 4.80. The number of ketones is 2. The Kier molecular flexibility index (Phi) is 4.08. The molecule has 0 amide bonds. The fourth-order valence-corrected chi connectivity index (χ4v) is 4.38. The van der Waals surface area contributed by atoms with Gasteiger partial charge in [-0.3, -0.25) is 9.59 Å². The summed E-state index contributed by atoms with van der Waals surface area (Å²) in [7, 11) is 0. The van der Waals surface area contributed by atoms with E-state index < -0.39 is 5.54 Å². The molecule has 0 saturated carbocycles. The summed E-state index contributed by atoms with van der Waals surface area (Å²) in [5.41, 5.74) is 1.18. The third-order valence-corrected chi connectivity index (χ3v) is 5.58. The number of benzene rings is 2. The van der Waals surface area contributed by atoms with Crippen LogP contribution in [0, 0.1) is 0 Å². The topological polar surface area (TPSA) is 37.4 Å². The van der Waals surface area contributed by atoms with Gasteiger partial charge in [-0.2, -0.15) is 0 Å². The predicted octanol–water partition coefficient (Wildman–Crippen LogP) is 4.14. The van der Waals surface area contributed by atoms with Crippen LogP contribution in [-0.2, 0) is 4.79 Å². The molecule has 2 heterocycles. The highest BCUT2D eigenvalue weighted by Crippen LogP contribution is 2.48. The van der Waals surface area contributed by atoms with Gasteiger partial charge in [-0.25, -0.2) is 0 Å². The summed E-state index contributed by atoms with van der Waals surface area (Å²) in [4.78, 5) is 28.5. The fraction of sp³-hybridized carbons (Fsp3) is 0.217. The maximum absolute atomic E-state index is 13.5. The molecule has 3 nitrogen and oxygen atoms in total. The molecule has 26 heavy (non-hydrogen) atoms. The standard InChI is InChI=1S/C23H21NO2/c1-2-20(17-10-5-3-6-11-17)23-14-9-15-24(23)16-19(22(23)26)21(25)18-12-7-4-8-13-18/h2-8,10-13,16,20H,1,9,14-15H2/t20-,23+/m0/s1. The van der Waals surface area contributed by atoms with Crippen LogP contribution in [0.2, 0.25) is 0 Å². The van der Waals surface area contributed by atoms with E-state index in [1.54, 1.807) is 18.3 Å². The Morgan fingerprint density at radius 2 is 1.73 bits per heavy atom. The number of fused-ring (bicyclic) bond motifs is 1. The first-order valence-corrected chi connectivity index (χ1v) is 8.99. The average Bonchev–Trinajstić information content (AvgIpc) is 3.22. The van der Waals surface area contributed by atoms with Crippen molar-refractivity contribution in [2.75, 3.05) is 6.54 Å². The fourth-order valence-electron chi connectivity index (χ4n) is 4.38. The largest absolute Gasteiger partial charge is 0.363 e. The summed E-state index contributed by atoms with van der Waals surface area (Å²) < 4.78 is 0. The number of Topliss-reactive ketones (excluding diaryl/α,β-unsaturated/α-hetero) is 2. The molecule has 1 fully saturated rings. The smallest absolute Gasteiger partial charge is 0.198 e. The molecule has 3 heteroatoms. The van der Waals surface area contributed by atoms with Crippen molar-refractivity contribution < 1.29 is 9.59 Å². The molecule has 4 rings (SSSR count). The number of hydrogen-bond acceptors (Lipinski definition) is 3. The first-order valence-electron chi connectivity index (χ1n) is 8.99. The van der Waals surface area contributed by atoms with Crippen molar-refractivity contribution >= 4 is 11.6 Å². The summed E-state index contributed by atoms with van der Waals surface area (Å²) >= 11 is 0. The lowest BCUT2D eigenvalue weighted by molar-refractivity contribution is -0.122. The number of hydrogen-bond donors (Lipinski definition) is 0. The monoisotopic (exact) mass is 343 g/mol. The van der Waals surface area contributed by atoms with Crippen molar-refractivity contribution in [3.8, 4) is 0 Å². The SMILES string of the molecule is C=C[C@@H](c1ccccc1)[C@@]12CCCN1C=C(C(=O)c1ccccc1)C2=O. The highest BCUT2D eigenvalue weighted by atomic mass is 16.2. The van der Waals surface area contributed by atoms with Crippen molar-refractivity contribution in [1.82, 2.24) is 4.90 Å². The lowest BCUT2D eigenvalue weighted by Crippen LogP contribution is -2.49. The normalized spacial score (nSPS) is 22.7. The van der Waals surface area contributed by atoms with Crippen LogP contribution in [0.1, 0.15) is 34.7 Å². The molecular formula is C23H21NO2. The molecule has 2 aliphatic heterocycles. The van der Waals surface area contributed by atoms with Gasteiger partial charge in [0.15, 0.2) is 11.6 Å². The van der Waals surface area contributed by atoms with Gasteiger partial charge in [0, 0.05) is 24.2 Å². The number of carbonyl (C=O) groups is 2. The van der Waals surface area contributed by atoms with E-state index in [2.05, 4.69) is 11.5 Å². The lowest BCUT2D eigenvalue weighted by Gasteiger charge is -2.38. The second-order valence-corrected chi connectivity index (χ2v) is 6.91. The molecule has 0 unspecified atom stereocenters. The van der Waals surface area contributed by atoms with E-state index in [1.165, 1.54) is 0 Å². The second-order valence-electron chi connectivity index (χ2n) is 6.91. The molecule has 130 valence electrons. The first kappa shape index (κ1) is 16.5. The molecule has 0 radical (unpaired) electrons. The van der Waals surface area contributed by atoms with Crippen LogP contribution >= 0.6 is 0 Å². The van der Waals surface area contributed by atoms with Gasteiger partial charge in [0.2, 0.25) is 0 Å². The highest BCUT2D eigenvalue weighted by Gasteiger charge is 2.56. The van der Waals surface area contributed by atoms with Gasteiger partial charge < -0.3 is 4.90 Å². The van der Waals surface area contributed by atoms with Gasteiger partial charge in [-0.1, -0.05) is 66.7 Å². The van der Waals surface area contributed by atoms with Crippen molar-refractivity contribution in [3.05, 3.63) is 96.2 Å². The maximum Gasteiger partial charge on any atom is 0.198 e. The van der Waals surface area contributed by atoms with Gasteiger partial charge in [-0.15, -0.1) is 6.58 Å². The Hall–Kier alpha value is -2.94. The van der Waals surface area contributed by atoms with E-state index in [9.17, 15) is 9.59 Å². The Morgan fingerprint density at radius 3 is 2.38 bits per heavy atom. The summed E-state index contributed by atoms with van der Waals surface area (Å²) in [5, 5.41) is 0. The molecule has 0 aromatic heterocycles. The minimum Gasteiger partial charge on any atom is -0.363 e. The van der Waals surface area contributed by atoms with Crippen LogP contribution in [0.4, 0.5) is 0 Å². The molecule has 2 aromatic rings. The molecule has 0 aliphatic carbocycles. The van der Waals surface area contributed by atoms with Crippen LogP contribution in [0.3, 0.4) is 0 Å². The third-order valence-electron chi connectivity index (χ3n) is 5.58. The molecule has 0 bridgehead atoms. The van der Waals surface area contributed by atoms with Crippen molar-refractivity contribution in [2.24, 2.45) is 0 Å². The average molecular weight is 343 g/mol. The van der Waals surface area contributed by atoms with Crippen LogP contribution in [-0.4, -0.2) is 28.6 Å². The highest BCUT2D eigenvalue weighted by molar-refractivity contribution is 6.30. The predicted molar refractivity (Wildman–Crippen MR) is 102 cm³/mol. The lowest BCUT2D eigenvalue weighted by atomic mass is 9.74. The van der Waals surface area contributed by atoms with E-state index in [4.69, 9.17) is 0 Å². The quantitative estimate of drug-likeness (QED) is 0.465. The summed E-state index contributed by atoms with van der Waals surface area (Å²) in [6, 6.07) is 19.0. The number of nitrogens with zero attached hydrogens (tertiary/aromatic N) is 1. The van der Waals surface area contributed by atoms with Gasteiger partial charge >= 0.3 is 0 Å². The molecule has 0 N–H and O–H groups in total. The number of rotatable bonds is 5. The van der Waals surface area contributed by atoms with E-state index in [1.807, 2.05) is 54.6 Å². The molecular weight excluding hydrogens is 322 g/mol. The van der Waals surface area contributed by atoms with Crippen LogP contribution in [0.25, 0.3) is 0 Å². The van der Waals surface area contributed by atoms with Crippen LogP contribution < -0.4 is 0 Å². The van der Waals surface area contributed by atoms with Gasteiger partial charge in [-0.05, 0) is 18.4 Å². The third kappa shape index (κ3) is 2.35. The zero-order valence-electron chi connectivity index (χ0n) is 14.6. The van der Waals surface area contributed by atoms with Gasteiger partial charge in [0.25, 0.3) is 0 Å². The van der Waals surface area contributed by atoms with Crippen molar-refractivity contribution in [2.45, 2.75) is 24.3 Å². The molecule has 1 saturated heterocycles. The maximum atomic E-state index is 13.5. The van der Waals surface area contributed by atoms with Crippen LogP contribution in [0.5, 0.6) is 0 Å². The summed E-state index contributed by atoms with van der Waals surface area (Å²) in [5.74, 6) is -0.408. The minimum absolute atomic E-state index is 0.0717. The second kappa shape index (κ2) is 6.41. The minimum atomic E-state index is -0.719. The molecule has 2 aromatic carbocycles. The van der Waals surface area contributed by atoms with Gasteiger partial charge in [0.1, 0.15) is 5.54 Å². The molecule has 0 spiro atoms. The Labute approximate surface area is 153 Å². The zero-order chi connectivity index (χ0) is 18.1. The summed E-state index contributed by atoms with van der Waals surface area (Å²) in [6.07, 6.45) is 5.31.